The molecule has 0 saturated carbocycles. The zero-order valence-electron chi connectivity index (χ0n) is 11.9. The Bertz CT molecular complexity index is 710. The fraction of sp³-hybridized carbons (Fsp3) is 0.200. The van der Waals surface area contributed by atoms with Crippen LogP contribution in [0.25, 0.3) is 0 Å². The predicted octanol–water partition coefficient (Wildman–Crippen LogP) is 0.991. The van der Waals surface area contributed by atoms with Gasteiger partial charge >= 0.3 is 0 Å². The molecular formula is C15H16N4O2. The van der Waals surface area contributed by atoms with Crippen LogP contribution in [0.1, 0.15) is 15.9 Å². The average molecular weight is 284 g/mol. The number of amides is 1. The number of hydrogen-bond acceptors (Lipinski definition) is 4. The zero-order chi connectivity index (χ0) is 15.2. The molecule has 0 aliphatic rings. The minimum absolute atomic E-state index is 0.235. The van der Waals surface area contributed by atoms with Crippen molar-refractivity contribution in [3.8, 4) is 17.6 Å². The molecule has 108 valence electrons. The van der Waals surface area contributed by atoms with E-state index in [0.717, 1.165) is 0 Å². The van der Waals surface area contributed by atoms with E-state index < -0.39 is 0 Å². The third-order valence-electron chi connectivity index (χ3n) is 2.75. The number of anilines is 1. The number of hydrogen-bond donors (Lipinski definition) is 2. The van der Waals surface area contributed by atoms with Crippen molar-refractivity contribution in [1.29, 1.82) is 0 Å². The van der Waals surface area contributed by atoms with Crippen molar-refractivity contribution in [3.05, 3.63) is 41.7 Å². The molecule has 0 spiro atoms. The molecule has 0 bridgehead atoms. The Labute approximate surface area is 122 Å². The number of aryl methyl sites for hydroxylation is 1. The third kappa shape index (κ3) is 3.61. The van der Waals surface area contributed by atoms with Crippen LogP contribution >= 0.6 is 0 Å². The predicted molar refractivity (Wildman–Crippen MR) is 80.1 cm³/mol. The second-order valence-corrected chi connectivity index (χ2v) is 4.28. The van der Waals surface area contributed by atoms with E-state index in [4.69, 9.17) is 10.5 Å². The fourth-order valence-corrected chi connectivity index (χ4v) is 1.78. The molecule has 1 heterocycles. The van der Waals surface area contributed by atoms with Gasteiger partial charge in [0.25, 0.3) is 5.91 Å². The second kappa shape index (κ2) is 6.59. The standard InChI is InChI=1S/C15H16N4O2/c1-19-10-13(9-17-19)18-15(20)12-5-6-14(21-2)11(8-12)4-3-7-16/h5-6,8-10H,7,16H2,1-2H3,(H,18,20). The highest BCUT2D eigenvalue weighted by Gasteiger charge is 2.10. The summed E-state index contributed by atoms with van der Waals surface area (Å²) >= 11 is 0. The Kier molecular flexibility index (Phi) is 4.59. The quantitative estimate of drug-likeness (QED) is 0.824. The third-order valence-corrected chi connectivity index (χ3v) is 2.75. The summed E-state index contributed by atoms with van der Waals surface area (Å²) in [6.45, 7) is 0.245. The summed E-state index contributed by atoms with van der Waals surface area (Å²) in [6.07, 6.45) is 3.30. The number of carbonyl (C=O) groups excluding carboxylic acids is 1. The lowest BCUT2D eigenvalue weighted by atomic mass is 10.1. The van der Waals surface area contributed by atoms with Gasteiger partial charge in [0.1, 0.15) is 5.75 Å². The number of nitrogens with zero attached hydrogens (tertiary/aromatic N) is 2. The second-order valence-electron chi connectivity index (χ2n) is 4.28. The van der Waals surface area contributed by atoms with E-state index in [2.05, 4.69) is 22.3 Å². The minimum atomic E-state index is -0.235. The first kappa shape index (κ1) is 14.6. The monoisotopic (exact) mass is 284 g/mol. The average Bonchev–Trinajstić information content (AvgIpc) is 2.89. The van der Waals surface area contributed by atoms with E-state index in [0.29, 0.717) is 22.6 Å². The highest BCUT2D eigenvalue weighted by Crippen LogP contribution is 2.19. The normalized spacial score (nSPS) is 9.67. The SMILES string of the molecule is COc1ccc(C(=O)Nc2cnn(C)c2)cc1C#CCN. The number of benzene rings is 1. The lowest BCUT2D eigenvalue weighted by Crippen LogP contribution is -2.11. The van der Waals surface area contributed by atoms with Crippen LogP contribution < -0.4 is 15.8 Å². The Hall–Kier alpha value is -2.78. The van der Waals surface area contributed by atoms with Crippen LogP contribution in [-0.4, -0.2) is 29.3 Å². The van der Waals surface area contributed by atoms with Crippen molar-refractivity contribution in [1.82, 2.24) is 9.78 Å². The van der Waals surface area contributed by atoms with Crippen LogP contribution in [0.4, 0.5) is 5.69 Å². The summed E-state index contributed by atoms with van der Waals surface area (Å²) in [6, 6.07) is 5.06. The topological polar surface area (TPSA) is 82.2 Å². The molecule has 1 amide bonds. The Morgan fingerprint density at radius 1 is 1.52 bits per heavy atom. The minimum Gasteiger partial charge on any atom is -0.495 e. The summed E-state index contributed by atoms with van der Waals surface area (Å²) in [5, 5.41) is 6.76. The van der Waals surface area contributed by atoms with Gasteiger partial charge < -0.3 is 15.8 Å². The number of aromatic nitrogens is 2. The molecule has 2 aromatic rings. The number of nitrogens with one attached hydrogen (secondary N) is 1. The van der Waals surface area contributed by atoms with Crippen molar-refractivity contribution in [2.24, 2.45) is 12.8 Å². The van der Waals surface area contributed by atoms with Gasteiger partial charge in [-0.05, 0) is 18.2 Å². The molecule has 0 radical (unpaired) electrons. The summed E-state index contributed by atoms with van der Waals surface area (Å²) in [7, 11) is 3.34. The number of methoxy groups -OCH3 is 1. The van der Waals surface area contributed by atoms with Gasteiger partial charge in [-0.3, -0.25) is 9.48 Å². The van der Waals surface area contributed by atoms with E-state index in [1.807, 2.05) is 0 Å². The Morgan fingerprint density at radius 3 is 2.95 bits per heavy atom. The highest BCUT2D eigenvalue weighted by atomic mass is 16.5. The van der Waals surface area contributed by atoms with E-state index in [1.54, 1.807) is 49.4 Å². The van der Waals surface area contributed by atoms with Crippen LogP contribution in [0.15, 0.2) is 30.6 Å². The Morgan fingerprint density at radius 2 is 2.33 bits per heavy atom. The maximum absolute atomic E-state index is 12.2. The van der Waals surface area contributed by atoms with E-state index in [9.17, 15) is 4.79 Å². The Balaban J connectivity index is 2.24. The maximum Gasteiger partial charge on any atom is 0.255 e. The molecule has 1 aromatic carbocycles. The van der Waals surface area contributed by atoms with Crippen LogP contribution in [0, 0.1) is 11.8 Å². The van der Waals surface area contributed by atoms with Gasteiger partial charge in [-0.25, -0.2) is 0 Å². The van der Waals surface area contributed by atoms with Gasteiger partial charge in [0.2, 0.25) is 0 Å². The van der Waals surface area contributed by atoms with Crippen molar-refractivity contribution in [2.75, 3.05) is 19.0 Å². The molecule has 0 aliphatic heterocycles. The van der Waals surface area contributed by atoms with Crippen molar-refractivity contribution in [3.63, 3.8) is 0 Å². The van der Waals surface area contributed by atoms with Gasteiger partial charge in [0, 0.05) is 18.8 Å². The summed E-state index contributed by atoms with van der Waals surface area (Å²) in [5.74, 6) is 6.01. The zero-order valence-corrected chi connectivity index (χ0v) is 11.9. The molecule has 3 N–H and O–H groups in total. The first-order valence-electron chi connectivity index (χ1n) is 6.31. The van der Waals surface area contributed by atoms with Crippen molar-refractivity contribution in [2.45, 2.75) is 0 Å². The molecule has 6 heteroatoms. The summed E-state index contributed by atoms with van der Waals surface area (Å²) in [4.78, 5) is 12.2. The van der Waals surface area contributed by atoms with E-state index >= 15 is 0 Å². The van der Waals surface area contributed by atoms with Gasteiger partial charge in [-0.1, -0.05) is 11.8 Å². The lowest BCUT2D eigenvalue weighted by Gasteiger charge is -2.07. The number of nitrogens with two attached hydrogens (primary N) is 1. The van der Waals surface area contributed by atoms with E-state index in [1.165, 1.54) is 0 Å². The molecule has 1 aromatic heterocycles. The molecular weight excluding hydrogens is 268 g/mol. The molecule has 0 saturated heterocycles. The van der Waals surface area contributed by atoms with Gasteiger partial charge in [0.05, 0.1) is 31.1 Å². The molecule has 21 heavy (non-hydrogen) atoms. The first-order chi connectivity index (χ1) is 10.1. The smallest absolute Gasteiger partial charge is 0.255 e. The van der Waals surface area contributed by atoms with Crippen LogP contribution in [0.3, 0.4) is 0 Å². The molecule has 0 unspecified atom stereocenters. The van der Waals surface area contributed by atoms with E-state index in [-0.39, 0.29) is 12.5 Å². The molecule has 0 atom stereocenters. The van der Waals surface area contributed by atoms with Crippen molar-refractivity contribution < 1.29 is 9.53 Å². The molecule has 0 aliphatic carbocycles. The molecule has 0 fully saturated rings. The van der Waals surface area contributed by atoms with Crippen LogP contribution in [0.5, 0.6) is 5.75 Å². The highest BCUT2D eigenvalue weighted by molar-refractivity contribution is 6.04. The summed E-state index contributed by atoms with van der Waals surface area (Å²) < 4.78 is 6.82. The van der Waals surface area contributed by atoms with Crippen LogP contribution in [0.2, 0.25) is 0 Å². The lowest BCUT2D eigenvalue weighted by molar-refractivity contribution is 0.102. The number of rotatable bonds is 3. The maximum atomic E-state index is 12.2. The van der Waals surface area contributed by atoms with Gasteiger partial charge in [-0.2, -0.15) is 5.10 Å². The van der Waals surface area contributed by atoms with Crippen molar-refractivity contribution >= 4 is 11.6 Å². The fourth-order valence-electron chi connectivity index (χ4n) is 1.78. The number of carbonyl (C=O) groups is 1. The largest absolute Gasteiger partial charge is 0.495 e. The van der Waals surface area contributed by atoms with Crippen LogP contribution in [-0.2, 0) is 7.05 Å². The molecule has 2 rings (SSSR count). The summed E-state index contributed by atoms with van der Waals surface area (Å²) in [5.41, 5.74) is 7.11. The number of ether oxygens (including phenoxy) is 1. The van der Waals surface area contributed by atoms with Gasteiger partial charge in [0.15, 0.2) is 0 Å². The molecule has 6 nitrogen and oxygen atoms in total. The first-order valence-corrected chi connectivity index (χ1v) is 6.31. The van der Waals surface area contributed by atoms with Gasteiger partial charge in [-0.15, -0.1) is 0 Å².